The molecule has 8 heteroatoms. The third-order valence-electron chi connectivity index (χ3n) is 4.43. The van der Waals surface area contributed by atoms with Crippen molar-refractivity contribution < 1.29 is 19.2 Å². The fraction of sp³-hybridized carbons (Fsp3) is 0.438. The van der Waals surface area contributed by atoms with Crippen LogP contribution in [0.5, 0.6) is 0 Å². The fourth-order valence-electron chi connectivity index (χ4n) is 2.73. The number of alkyl halides is 1. The number of nitrogens with one attached hydrogen (secondary N) is 1. The third-order valence-corrected chi connectivity index (χ3v) is 6.25. The van der Waals surface area contributed by atoms with Crippen molar-refractivity contribution in [1.29, 1.82) is 0 Å². The molecule has 3 rings (SSSR count). The quantitative estimate of drug-likeness (QED) is 0.494. The number of hydrogen-bond acceptors (Lipinski definition) is 5. The molecule has 3 atom stereocenters. The molecule has 24 heavy (non-hydrogen) atoms. The number of thioether (sulfide) groups is 1. The van der Waals surface area contributed by atoms with Gasteiger partial charge in [-0.15, -0.1) is 23.4 Å². The van der Waals surface area contributed by atoms with Gasteiger partial charge < -0.3 is 9.74 Å². The number of halogens is 1. The predicted molar refractivity (Wildman–Crippen MR) is 90.2 cm³/mol. The average Bonchev–Trinajstić information content (AvgIpc) is 2.96. The molecule has 0 aromatic heterocycles. The van der Waals surface area contributed by atoms with Crippen molar-refractivity contribution in [3.8, 4) is 0 Å². The first-order valence-corrected chi connectivity index (χ1v) is 9.11. The normalized spacial score (nSPS) is 24.6. The van der Waals surface area contributed by atoms with Crippen LogP contribution in [-0.2, 0) is 24.6 Å². The van der Waals surface area contributed by atoms with Crippen LogP contribution in [-0.4, -0.2) is 45.7 Å². The number of nitrogens with zero attached hydrogens (tertiary/aromatic N) is 1. The molecule has 2 saturated heterocycles. The van der Waals surface area contributed by atoms with Gasteiger partial charge in [0, 0.05) is 11.6 Å². The van der Waals surface area contributed by atoms with Crippen molar-refractivity contribution in [3.05, 3.63) is 35.9 Å². The van der Waals surface area contributed by atoms with Crippen LogP contribution in [0.2, 0.25) is 0 Å². The maximum atomic E-state index is 12.5. The van der Waals surface area contributed by atoms with Crippen LogP contribution >= 0.6 is 23.4 Å². The van der Waals surface area contributed by atoms with Crippen molar-refractivity contribution in [3.63, 3.8) is 0 Å². The molecule has 6 nitrogen and oxygen atoms in total. The zero-order valence-electron chi connectivity index (χ0n) is 13.0. The smallest absolute Gasteiger partial charge is 0.338 e. The van der Waals surface area contributed by atoms with Gasteiger partial charge in [0.25, 0.3) is 5.91 Å². The highest BCUT2D eigenvalue weighted by Crippen LogP contribution is 2.39. The van der Waals surface area contributed by atoms with Gasteiger partial charge in [-0.25, -0.2) is 4.79 Å². The standard InChI is InChI=1S/C16H17ClN2O4S/c1-16(9-17,10-5-3-2-4-6-10)15(22)18-23-14(21)11-8-24-13-7-12(20)19(11)13/h2-6,11,13H,7-9H2,1H3,(H,18,22). The molecule has 1 N–H and O–H groups in total. The highest BCUT2D eigenvalue weighted by atomic mass is 35.5. The number of hydroxylamine groups is 1. The van der Waals surface area contributed by atoms with Crippen LogP contribution in [0.4, 0.5) is 0 Å². The fourth-order valence-corrected chi connectivity index (χ4v) is 4.39. The Kier molecular flexibility index (Phi) is 4.73. The Balaban J connectivity index is 1.62. The van der Waals surface area contributed by atoms with E-state index in [9.17, 15) is 14.4 Å². The number of β-lactam (4-membered cyclic amide) rings is 1. The Morgan fingerprint density at radius 3 is 2.75 bits per heavy atom. The van der Waals surface area contributed by atoms with Crippen molar-refractivity contribution in [1.82, 2.24) is 10.4 Å². The van der Waals surface area contributed by atoms with E-state index in [0.29, 0.717) is 12.2 Å². The van der Waals surface area contributed by atoms with E-state index in [0.717, 1.165) is 5.56 Å². The molecule has 128 valence electrons. The Morgan fingerprint density at radius 1 is 1.42 bits per heavy atom. The lowest BCUT2D eigenvalue weighted by Gasteiger charge is -2.36. The van der Waals surface area contributed by atoms with Crippen molar-refractivity contribution >= 4 is 41.1 Å². The maximum absolute atomic E-state index is 12.5. The molecule has 3 unspecified atom stereocenters. The summed E-state index contributed by atoms with van der Waals surface area (Å²) in [5.41, 5.74) is 1.90. The minimum Gasteiger partial charge on any atom is -0.338 e. The summed E-state index contributed by atoms with van der Waals surface area (Å²) in [7, 11) is 0. The summed E-state index contributed by atoms with van der Waals surface area (Å²) >= 11 is 7.54. The second-order valence-electron chi connectivity index (χ2n) is 5.99. The zero-order valence-corrected chi connectivity index (χ0v) is 14.6. The first-order chi connectivity index (χ1) is 11.5. The third kappa shape index (κ3) is 2.86. The molecule has 0 saturated carbocycles. The van der Waals surface area contributed by atoms with Gasteiger partial charge >= 0.3 is 5.97 Å². The monoisotopic (exact) mass is 368 g/mol. The number of benzene rings is 1. The van der Waals surface area contributed by atoms with Gasteiger partial charge in [-0.05, 0) is 12.5 Å². The average molecular weight is 369 g/mol. The van der Waals surface area contributed by atoms with E-state index in [1.165, 1.54) is 4.90 Å². The molecule has 0 bridgehead atoms. The summed E-state index contributed by atoms with van der Waals surface area (Å²) in [5, 5.41) is 0.0585. The molecule has 2 aliphatic rings. The molecule has 2 fully saturated rings. The lowest BCUT2D eigenvalue weighted by Crippen LogP contribution is -2.55. The Bertz CT molecular complexity index is 671. The number of rotatable bonds is 4. The van der Waals surface area contributed by atoms with Gasteiger partial charge in [-0.3, -0.25) is 9.59 Å². The minimum absolute atomic E-state index is 0.0341. The molecule has 2 aliphatic heterocycles. The van der Waals surface area contributed by atoms with E-state index in [-0.39, 0.29) is 17.2 Å². The van der Waals surface area contributed by atoms with E-state index in [1.807, 2.05) is 18.2 Å². The van der Waals surface area contributed by atoms with Gasteiger partial charge in [0.05, 0.1) is 17.2 Å². The summed E-state index contributed by atoms with van der Waals surface area (Å²) in [6.07, 6.45) is 0.457. The Hall–Kier alpha value is -1.73. The second kappa shape index (κ2) is 6.64. The van der Waals surface area contributed by atoms with Crippen LogP contribution in [0.25, 0.3) is 0 Å². The second-order valence-corrected chi connectivity index (χ2v) is 7.47. The summed E-state index contributed by atoms with van der Waals surface area (Å²) in [6.45, 7) is 1.68. The molecule has 0 spiro atoms. The van der Waals surface area contributed by atoms with Crippen molar-refractivity contribution in [2.75, 3.05) is 11.6 Å². The lowest BCUT2D eigenvalue weighted by molar-refractivity contribution is -0.168. The Labute approximate surface area is 148 Å². The van der Waals surface area contributed by atoms with Gasteiger partial charge in [-0.1, -0.05) is 30.3 Å². The number of carbonyl (C=O) groups is 3. The number of amides is 2. The van der Waals surface area contributed by atoms with Crippen LogP contribution in [0.3, 0.4) is 0 Å². The molecule has 0 aliphatic carbocycles. The van der Waals surface area contributed by atoms with E-state index in [1.54, 1.807) is 30.8 Å². The van der Waals surface area contributed by atoms with E-state index < -0.39 is 23.3 Å². The van der Waals surface area contributed by atoms with E-state index in [4.69, 9.17) is 16.4 Å². The van der Waals surface area contributed by atoms with Gasteiger partial charge in [-0.2, -0.15) is 5.48 Å². The summed E-state index contributed by atoms with van der Waals surface area (Å²) in [5.74, 6) is -0.679. The number of carbonyl (C=O) groups excluding carboxylic acids is 3. The highest BCUT2D eigenvalue weighted by molar-refractivity contribution is 8.00. The summed E-state index contributed by atoms with van der Waals surface area (Å²) < 4.78 is 0. The number of hydrogen-bond donors (Lipinski definition) is 1. The largest absolute Gasteiger partial charge is 0.355 e. The zero-order chi connectivity index (χ0) is 17.3. The molecule has 2 amide bonds. The van der Waals surface area contributed by atoms with Crippen molar-refractivity contribution in [2.24, 2.45) is 0 Å². The molecule has 1 aromatic carbocycles. The molecule has 1 aromatic rings. The highest BCUT2D eigenvalue weighted by Gasteiger charge is 2.50. The van der Waals surface area contributed by atoms with Crippen LogP contribution in [0.15, 0.2) is 30.3 Å². The Morgan fingerprint density at radius 2 is 2.12 bits per heavy atom. The molecular weight excluding hydrogens is 352 g/mol. The van der Waals surface area contributed by atoms with E-state index >= 15 is 0 Å². The van der Waals surface area contributed by atoms with Gasteiger partial charge in [0.15, 0.2) is 0 Å². The number of fused-ring (bicyclic) bond motifs is 1. The summed E-state index contributed by atoms with van der Waals surface area (Å²) in [6, 6.07) is 8.41. The van der Waals surface area contributed by atoms with Gasteiger partial charge in [0.2, 0.25) is 5.91 Å². The topological polar surface area (TPSA) is 75.7 Å². The van der Waals surface area contributed by atoms with Crippen LogP contribution < -0.4 is 5.48 Å². The van der Waals surface area contributed by atoms with Crippen LogP contribution in [0, 0.1) is 0 Å². The first-order valence-electron chi connectivity index (χ1n) is 7.53. The van der Waals surface area contributed by atoms with Crippen molar-refractivity contribution in [2.45, 2.75) is 30.2 Å². The molecule has 0 radical (unpaired) electrons. The minimum atomic E-state index is -1.03. The lowest BCUT2D eigenvalue weighted by atomic mass is 9.84. The predicted octanol–water partition coefficient (Wildman–Crippen LogP) is 1.43. The summed E-state index contributed by atoms with van der Waals surface area (Å²) in [4.78, 5) is 42.7. The van der Waals surface area contributed by atoms with E-state index in [2.05, 4.69) is 5.48 Å². The first kappa shape index (κ1) is 17.1. The van der Waals surface area contributed by atoms with Crippen LogP contribution in [0.1, 0.15) is 18.9 Å². The maximum Gasteiger partial charge on any atom is 0.355 e. The van der Waals surface area contributed by atoms with Gasteiger partial charge in [0.1, 0.15) is 6.04 Å². The SMILES string of the molecule is CC(CCl)(C(=O)NOC(=O)C1CSC2CC(=O)N21)c1ccccc1. The molecule has 2 heterocycles. The molecular formula is C16H17ClN2O4S.